The number of hydrogen-bond acceptors (Lipinski definition) is 2. The maximum absolute atomic E-state index is 12.1. The minimum Gasteiger partial charge on any atom is -0.505 e. The monoisotopic (exact) mass is 305 g/mol. The van der Waals surface area contributed by atoms with Crippen molar-refractivity contribution >= 4 is 34.2 Å². The number of rotatable bonds is 1. The molecule has 0 aromatic carbocycles. The molecule has 1 aromatic heterocycles. The van der Waals surface area contributed by atoms with E-state index in [0.717, 1.165) is 0 Å². The predicted molar refractivity (Wildman–Crippen MR) is 48.6 cm³/mol. The van der Waals surface area contributed by atoms with Gasteiger partial charge in [-0.25, -0.2) is 13.8 Å². The molecular formula is C6H3ClF2INO. The molecule has 0 saturated carbocycles. The normalized spacial score (nSPS) is 10.8. The molecule has 0 atom stereocenters. The Morgan fingerprint density at radius 1 is 1.58 bits per heavy atom. The Morgan fingerprint density at radius 3 is 2.67 bits per heavy atom. The number of nitrogens with zero attached hydrogens (tertiary/aromatic N) is 1. The maximum Gasteiger partial charge on any atom is 0.284 e. The average Bonchev–Trinajstić information content (AvgIpc) is 1.96. The second kappa shape index (κ2) is 3.69. The van der Waals surface area contributed by atoms with E-state index in [1.165, 1.54) is 6.07 Å². The molecule has 2 nitrogen and oxygen atoms in total. The van der Waals surface area contributed by atoms with Crippen LogP contribution < -0.4 is 0 Å². The first-order valence-corrected chi connectivity index (χ1v) is 4.31. The number of pyridine rings is 1. The van der Waals surface area contributed by atoms with Crippen molar-refractivity contribution in [3.63, 3.8) is 0 Å². The highest BCUT2D eigenvalue weighted by Gasteiger charge is 2.17. The van der Waals surface area contributed by atoms with E-state index in [1.807, 2.05) is 0 Å². The molecule has 0 spiro atoms. The predicted octanol–water partition coefficient (Wildman–Crippen LogP) is 2.98. The number of aromatic hydroxyl groups is 1. The molecule has 0 fully saturated rings. The van der Waals surface area contributed by atoms with E-state index in [2.05, 4.69) is 4.98 Å². The van der Waals surface area contributed by atoms with Gasteiger partial charge in [0.05, 0.1) is 3.57 Å². The van der Waals surface area contributed by atoms with Crippen LogP contribution in [0.3, 0.4) is 0 Å². The van der Waals surface area contributed by atoms with Gasteiger partial charge in [0.25, 0.3) is 6.43 Å². The molecule has 0 unspecified atom stereocenters. The van der Waals surface area contributed by atoms with Crippen LogP contribution in [0.5, 0.6) is 5.75 Å². The highest BCUT2D eigenvalue weighted by molar-refractivity contribution is 14.1. The van der Waals surface area contributed by atoms with Crippen LogP contribution in [0, 0.1) is 3.57 Å². The zero-order valence-corrected chi connectivity index (χ0v) is 8.47. The van der Waals surface area contributed by atoms with Crippen LogP contribution >= 0.6 is 34.2 Å². The molecule has 0 radical (unpaired) electrons. The summed E-state index contributed by atoms with van der Waals surface area (Å²) < 4.78 is 24.5. The van der Waals surface area contributed by atoms with E-state index in [1.54, 1.807) is 22.6 Å². The summed E-state index contributed by atoms with van der Waals surface area (Å²) in [7, 11) is 0. The first-order chi connectivity index (χ1) is 5.52. The third-order valence-corrected chi connectivity index (χ3v) is 2.16. The summed E-state index contributed by atoms with van der Waals surface area (Å²) in [6.45, 7) is 0. The van der Waals surface area contributed by atoms with Crippen LogP contribution in [0.2, 0.25) is 5.15 Å². The highest BCUT2D eigenvalue weighted by Crippen LogP contribution is 2.31. The molecule has 0 aliphatic heterocycles. The van der Waals surface area contributed by atoms with Gasteiger partial charge in [0.2, 0.25) is 0 Å². The molecule has 0 aliphatic carbocycles. The van der Waals surface area contributed by atoms with Gasteiger partial charge in [-0.2, -0.15) is 0 Å². The number of halogens is 4. The Morgan fingerprint density at radius 2 is 2.17 bits per heavy atom. The molecule has 0 aliphatic rings. The van der Waals surface area contributed by atoms with Crippen LogP contribution in [0.25, 0.3) is 0 Å². The molecule has 0 saturated heterocycles. The van der Waals surface area contributed by atoms with Crippen molar-refractivity contribution in [2.45, 2.75) is 6.43 Å². The lowest BCUT2D eigenvalue weighted by atomic mass is 10.3. The van der Waals surface area contributed by atoms with Crippen molar-refractivity contribution in [3.8, 4) is 5.75 Å². The van der Waals surface area contributed by atoms with E-state index < -0.39 is 17.9 Å². The second-order valence-corrected chi connectivity index (χ2v) is 3.51. The van der Waals surface area contributed by atoms with Gasteiger partial charge >= 0.3 is 0 Å². The third kappa shape index (κ3) is 1.95. The van der Waals surface area contributed by atoms with Crippen molar-refractivity contribution in [2.24, 2.45) is 0 Å². The Bertz CT molecular complexity index is 308. The van der Waals surface area contributed by atoms with Gasteiger partial charge in [0, 0.05) is 0 Å². The van der Waals surface area contributed by atoms with Gasteiger partial charge in [0.1, 0.15) is 5.15 Å². The highest BCUT2D eigenvalue weighted by atomic mass is 127. The van der Waals surface area contributed by atoms with Gasteiger partial charge in [-0.05, 0) is 28.7 Å². The summed E-state index contributed by atoms with van der Waals surface area (Å²) in [5, 5.41) is 9.04. The maximum atomic E-state index is 12.1. The molecule has 1 rings (SSSR count). The topological polar surface area (TPSA) is 33.1 Å². The van der Waals surface area contributed by atoms with Crippen molar-refractivity contribution in [2.75, 3.05) is 0 Å². The summed E-state index contributed by atoms with van der Waals surface area (Å²) in [6.07, 6.45) is -2.81. The first kappa shape index (κ1) is 9.91. The lowest BCUT2D eigenvalue weighted by Crippen LogP contribution is -1.93. The molecule has 0 bridgehead atoms. The minimum atomic E-state index is -2.81. The molecule has 1 aromatic rings. The standard InChI is InChI=1S/C6H3ClF2INO/c7-3-1-2(10)5(12)4(11-3)6(8)9/h1,6,12H. The fourth-order valence-corrected chi connectivity index (χ4v) is 1.60. The fourth-order valence-electron chi connectivity index (χ4n) is 0.648. The molecule has 12 heavy (non-hydrogen) atoms. The largest absolute Gasteiger partial charge is 0.505 e. The van der Waals surface area contributed by atoms with Crippen molar-refractivity contribution in [1.82, 2.24) is 4.98 Å². The Hall–Kier alpha value is -0.170. The van der Waals surface area contributed by atoms with E-state index in [0.29, 0.717) is 0 Å². The molecule has 66 valence electrons. The van der Waals surface area contributed by atoms with Crippen molar-refractivity contribution in [3.05, 3.63) is 20.5 Å². The van der Waals surface area contributed by atoms with Gasteiger partial charge in [-0.3, -0.25) is 0 Å². The van der Waals surface area contributed by atoms with Crippen molar-refractivity contribution in [1.29, 1.82) is 0 Å². The smallest absolute Gasteiger partial charge is 0.284 e. The number of aromatic nitrogens is 1. The third-order valence-electron chi connectivity index (χ3n) is 1.15. The van der Waals surface area contributed by atoms with Crippen LogP contribution in [0.4, 0.5) is 8.78 Å². The molecule has 0 amide bonds. The van der Waals surface area contributed by atoms with Crippen molar-refractivity contribution < 1.29 is 13.9 Å². The Balaban J connectivity index is 3.28. The zero-order valence-electron chi connectivity index (χ0n) is 5.56. The molecule has 1 heterocycles. The zero-order chi connectivity index (χ0) is 9.30. The van der Waals surface area contributed by atoms with Crippen LogP contribution in [-0.4, -0.2) is 10.1 Å². The quantitative estimate of drug-likeness (QED) is 0.639. The van der Waals surface area contributed by atoms with E-state index >= 15 is 0 Å². The second-order valence-electron chi connectivity index (χ2n) is 1.96. The fraction of sp³-hybridized carbons (Fsp3) is 0.167. The van der Waals surface area contributed by atoms with E-state index in [9.17, 15) is 8.78 Å². The summed E-state index contributed by atoms with van der Waals surface area (Å²) in [5.41, 5.74) is -0.674. The molecule has 6 heteroatoms. The van der Waals surface area contributed by atoms with Gasteiger partial charge in [0.15, 0.2) is 11.4 Å². The lowest BCUT2D eigenvalue weighted by Gasteiger charge is -2.04. The molecule has 1 N–H and O–H groups in total. The van der Waals surface area contributed by atoms with Gasteiger partial charge in [-0.1, -0.05) is 11.6 Å². The van der Waals surface area contributed by atoms with Gasteiger partial charge in [-0.15, -0.1) is 0 Å². The summed E-state index contributed by atoms with van der Waals surface area (Å²) in [5.74, 6) is -0.505. The average molecular weight is 305 g/mol. The van der Waals surface area contributed by atoms with E-state index in [-0.39, 0.29) is 8.72 Å². The summed E-state index contributed by atoms with van der Waals surface area (Å²) in [6, 6.07) is 1.31. The number of alkyl halides is 2. The summed E-state index contributed by atoms with van der Waals surface area (Å²) >= 11 is 7.11. The van der Waals surface area contributed by atoms with Crippen LogP contribution in [0.1, 0.15) is 12.1 Å². The first-order valence-electron chi connectivity index (χ1n) is 2.85. The SMILES string of the molecule is Oc1c(I)cc(Cl)nc1C(F)F. The van der Waals surface area contributed by atoms with E-state index in [4.69, 9.17) is 16.7 Å². The molecular weight excluding hydrogens is 302 g/mol. The lowest BCUT2D eigenvalue weighted by molar-refractivity contribution is 0.141. The number of hydrogen-bond donors (Lipinski definition) is 1. The van der Waals surface area contributed by atoms with Crippen LogP contribution in [0.15, 0.2) is 6.07 Å². The summed E-state index contributed by atoms with van der Waals surface area (Å²) in [4.78, 5) is 3.29. The Labute approximate surface area is 85.7 Å². The Kier molecular flexibility index (Phi) is 3.05. The van der Waals surface area contributed by atoms with Crippen LogP contribution in [-0.2, 0) is 0 Å². The minimum absolute atomic E-state index is 0.0486. The van der Waals surface area contributed by atoms with Gasteiger partial charge < -0.3 is 5.11 Å².